The van der Waals surface area contributed by atoms with Crippen LogP contribution < -0.4 is 5.43 Å². The lowest BCUT2D eigenvalue weighted by Crippen LogP contribution is -2.60. The number of amides is 1. The van der Waals surface area contributed by atoms with E-state index in [1.54, 1.807) is 31.2 Å². The monoisotopic (exact) mass is 432 g/mol. The van der Waals surface area contributed by atoms with Crippen molar-refractivity contribution in [1.29, 1.82) is 0 Å². The number of nitrogens with one attached hydrogen (secondary N) is 1. The Morgan fingerprint density at radius 1 is 1.19 bits per heavy atom. The molecule has 0 aliphatic carbocycles. The van der Waals surface area contributed by atoms with Crippen LogP contribution in [0.4, 0.5) is 4.79 Å². The Bertz CT molecular complexity index is 944. The van der Waals surface area contributed by atoms with Gasteiger partial charge in [0.2, 0.25) is 5.72 Å². The summed E-state index contributed by atoms with van der Waals surface area (Å²) in [6.07, 6.45) is -1.31. The van der Waals surface area contributed by atoms with Gasteiger partial charge in [-0.1, -0.05) is 30.3 Å². The third-order valence-corrected chi connectivity index (χ3v) is 5.49. The fourth-order valence-corrected chi connectivity index (χ4v) is 4.12. The van der Waals surface area contributed by atoms with E-state index in [2.05, 4.69) is 5.43 Å². The van der Waals surface area contributed by atoms with Crippen LogP contribution in [0.25, 0.3) is 0 Å². The molecule has 1 aromatic carbocycles. The molecule has 0 saturated carbocycles. The van der Waals surface area contributed by atoms with Crippen molar-refractivity contribution in [2.75, 3.05) is 13.7 Å². The van der Waals surface area contributed by atoms with E-state index < -0.39 is 41.6 Å². The molecule has 1 saturated heterocycles. The molecule has 1 fully saturated rings. The topological polar surface area (TPSA) is 120 Å². The predicted octanol–water partition coefficient (Wildman–Crippen LogP) is 1.80. The van der Waals surface area contributed by atoms with Crippen molar-refractivity contribution >= 4 is 24.0 Å². The Hall–Kier alpha value is -3.56. The molecule has 10 nitrogen and oxygen atoms in total. The van der Waals surface area contributed by atoms with Crippen LogP contribution in [0, 0.1) is 5.41 Å². The molecule has 2 aliphatic heterocycles. The number of benzene rings is 1. The van der Waals surface area contributed by atoms with Gasteiger partial charge in [0, 0.05) is 5.70 Å². The maximum atomic E-state index is 12.9. The highest BCUT2D eigenvalue weighted by atomic mass is 16.6. The highest BCUT2D eigenvalue weighted by Crippen LogP contribution is 2.58. The van der Waals surface area contributed by atoms with Crippen LogP contribution in [0.15, 0.2) is 41.6 Å². The second-order valence-electron chi connectivity index (χ2n) is 7.22. The standard InChI is InChI=1S/C21H24N2O8/c1-5-29-17(25)16-13(2)23(22-19(27)30-12-14-9-7-6-8-10-14)20(3)21(16,18(26)28-4)11-15(24)31-20/h6-10H,5,11-12H2,1-4H3,(H,22,27). The highest BCUT2D eigenvalue weighted by molar-refractivity contribution is 6.04. The Labute approximate surface area is 179 Å². The van der Waals surface area contributed by atoms with Gasteiger partial charge in [-0.2, -0.15) is 0 Å². The first-order valence-corrected chi connectivity index (χ1v) is 9.67. The van der Waals surface area contributed by atoms with Gasteiger partial charge in [-0.05, 0) is 26.3 Å². The van der Waals surface area contributed by atoms with Gasteiger partial charge in [-0.25, -0.2) is 20.0 Å². The lowest BCUT2D eigenvalue weighted by molar-refractivity contribution is -0.185. The Balaban J connectivity index is 1.95. The lowest BCUT2D eigenvalue weighted by Gasteiger charge is -2.39. The Kier molecular flexibility index (Phi) is 5.92. The Morgan fingerprint density at radius 2 is 1.87 bits per heavy atom. The normalized spacial score (nSPS) is 24.4. The van der Waals surface area contributed by atoms with Crippen molar-refractivity contribution in [3.63, 3.8) is 0 Å². The van der Waals surface area contributed by atoms with Gasteiger partial charge in [0.1, 0.15) is 6.61 Å². The molecule has 166 valence electrons. The molecule has 31 heavy (non-hydrogen) atoms. The number of fused-ring (bicyclic) bond motifs is 1. The lowest BCUT2D eigenvalue weighted by atomic mass is 9.73. The summed E-state index contributed by atoms with van der Waals surface area (Å²) in [4.78, 5) is 50.5. The maximum Gasteiger partial charge on any atom is 0.426 e. The van der Waals surface area contributed by atoms with E-state index in [0.29, 0.717) is 0 Å². The number of ether oxygens (including phenoxy) is 4. The van der Waals surface area contributed by atoms with E-state index in [-0.39, 0.29) is 24.5 Å². The molecule has 2 aliphatic rings. The van der Waals surface area contributed by atoms with Crippen molar-refractivity contribution in [3.05, 3.63) is 47.2 Å². The first kappa shape index (κ1) is 22.1. The molecule has 1 N–H and O–H groups in total. The number of esters is 3. The minimum absolute atomic E-state index is 0.00729. The van der Waals surface area contributed by atoms with Gasteiger partial charge in [0.15, 0.2) is 5.41 Å². The number of carbonyl (C=O) groups excluding carboxylic acids is 4. The summed E-state index contributed by atoms with van der Waals surface area (Å²) in [5, 5.41) is 1.15. The van der Waals surface area contributed by atoms with Gasteiger partial charge in [0.25, 0.3) is 0 Å². The first-order valence-electron chi connectivity index (χ1n) is 9.67. The van der Waals surface area contributed by atoms with Crippen LogP contribution in [0.5, 0.6) is 0 Å². The van der Waals surface area contributed by atoms with Crippen molar-refractivity contribution in [3.8, 4) is 0 Å². The largest absolute Gasteiger partial charge is 0.468 e. The zero-order chi connectivity index (χ0) is 22.8. The van der Waals surface area contributed by atoms with Gasteiger partial charge in [-0.3, -0.25) is 9.59 Å². The van der Waals surface area contributed by atoms with E-state index >= 15 is 0 Å². The van der Waals surface area contributed by atoms with Crippen molar-refractivity contribution in [1.82, 2.24) is 10.4 Å². The summed E-state index contributed by atoms with van der Waals surface area (Å²) in [6.45, 7) is 4.57. The van der Waals surface area contributed by atoms with Gasteiger partial charge >= 0.3 is 24.0 Å². The van der Waals surface area contributed by atoms with Crippen LogP contribution in [0.3, 0.4) is 0 Å². The number of allylic oxidation sites excluding steroid dienone is 1. The number of hydrogen-bond acceptors (Lipinski definition) is 9. The number of methoxy groups -OCH3 is 1. The zero-order valence-corrected chi connectivity index (χ0v) is 17.7. The van der Waals surface area contributed by atoms with E-state index in [9.17, 15) is 19.2 Å². The van der Waals surface area contributed by atoms with Crippen molar-refractivity contribution < 1.29 is 38.1 Å². The number of hydrazine groups is 1. The fraction of sp³-hybridized carbons (Fsp3) is 0.429. The third-order valence-electron chi connectivity index (χ3n) is 5.49. The van der Waals surface area contributed by atoms with E-state index in [0.717, 1.165) is 17.7 Å². The summed E-state index contributed by atoms with van der Waals surface area (Å²) in [5.41, 5.74) is -0.261. The van der Waals surface area contributed by atoms with Crippen LogP contribution in [-0.2, 0) is 39.9 Å². The zero-order valence-electron chi connectivity index (χ0n) is 17.7. The quantitative estimate of drug-likeness (QED) is 0.530. The second-order valence-corrected chi connectivity index (χ2v) is 7.22. The van der Waals surface area contributed by atoms with Crippen LogP contribution >= 0.6 is 0 Å². The minimum Gasteiger partial charge on any atom is -0.468 e. The molecule has 10 heteroatoms. The molecule has 2 heterocycles. The summed E-state index contributed by atoms with van der Waals surface area (Å²) >= 11 is 0. The molecule has 0 radical (unpaired) electrons. The fourth-order valence-electron chi connectivity index (χ4n) is 4.12. The predicted molar refractivity (Wildman–Crippen MR) is 104 cm³/mol. The molecule has 0 aromatic heterocycles. The number of hydrogen-bond donors (Lipinski definition) is 1. The van der Waals surface area contributed by atoms with E-state index in [1.165, 1.54) is 13.8 Å². The number of nitrogens with zero attached hydrogens (tertiary/aromatic N) is 1. The van der Waals surface area contributed by atoms with Crippen LogP contribution in [0.1, 0.15) is 32.8 Å². The third kappa shape index (κ3) is 3.47. The summed E-state index contributed by atoms with van der Waals surface area (Å²) in [5.74, 6) is -2.39. The molecule has 1 amide bonds. The molecule has 1 aromatic rings. The minimum atomic E-state index is -1.82. The summed E-state index contributed by atoms with van der Waals surface area (Å²) < 4.78 is 20.8. The van der Waals surface area contributed by atoms with Gasteiger partial charge < -0.3 is 18.9 Å². The van der Waals surface area contributed by atoms with E-state index in [4.69, 9.17) is 18.9 Å². The molecular formula is C21H24N2O8. The summed E-state index contributed by atoms with van der Waals surface area (Å²) in [6, 6.07) is 9.02. The smallest absolute Gasteiger partial charge is 0.426 e. The second kappa shape index (κ2) is 8.29. The molecule has 0 bridgehead atoms. The molecular weight excluding hydrogens is 408 g/mol. The summed E-state index contributed by atoms with van der Waals surface area (Å²) in [7, 11) is 1.14. The van der Waals surface area contributed by atoms with E-state index in [1.807, 2.05) is 6.07 Å². The molecule has 2 unspecified atom stereocenters. The van der Waals surface area contributed by atoms with Crippen LogP contribution in [0.2, 0.25) is 0 Å². The average Bonchev–Trinajstić information content (AvgIpc) is 3.10. The Morgan fingerprint density at radius 3 is 2.48 bits per heavy atom. The van der Waals surface area contributed by atoms with Crippen LogP contribution in [-0.4, -0.2) is 48.5 Å². The first-order chi connectivity index (χ1) is 14.7. The molecule has 2 atom stereocenters. The number of carbonyl (C=O) groups is 4. The maximum absolute atomic E-state index is 12.9. The molecule has 0 spiro atoms. The average molecular weight is 432 g/mol. The number of rotatable bonds is 6. The molecule has 3 rings (SSSR count). The van der Waals surface area contributed by atoms with Crippen molar-refractivity contribution in [2.45, 2.75) is 39.5 Å². The SMILES string of the molecule is CCOC(=O)C1=C(C)N(NC(=O)OCc2ccccc2)C2(C)OC(=O)CC12C(=O)OC. The highest BCUT2D eigenvalue weighted by Gasteiger charge is 2.75. The van der Waals surface area contributed by atoms with Crippen molar-refractivity contribution in [2.24, 2.45) is 5.41 Å². The van der Waals surface area contributed by atoms with Gasteiger partial charge in [-0.15, -0.1) is 0 Å². The van der Waals surface area contributed by atoms with Gasteiger partial charge in [0.05, 0.1) is 25.7 Å².